The highest BCUT2D eigenvalue weighted by Gasteiger charge is 2.29. The topological polar surface area (TPSA) is 138 Å². The first-order chi connectivity index (χ1) is 21.8. The number of rotatable bonds is 12. The number of benzene rings is 2. The summed E-state index contributed by atoms with van der Waals surface area (Å²) in [6, 6.07) is 17.0. The number of piperidine rings is 2. The van der Waals surface area contributed by atoms with Crippen LogP contribution in [0.15, 0.2) is 65.7 Å². The van der Waals surface area contributed by atoms with Gasteiger partial charge in [0, 0.05) is 38.2 Å². The summed E-state index contributed by atoms with van der Waals surface area (Å²) in [6.07, 6.45) is 3.66. The molecule has 2 N–H and O–H groups in total. The number of nitrogens with zero attached hydrogens (tertiary/aromatic N) is 3. The fraction of sp³-hybridized carbons (Fsp3) is 0.500. The number of ether oxygens (including phenoxy) is 2. The maximum atomic E-state index is 13.2. The number of amides is 3. The lowest BCUT2D eigenvalue weighted by atomic mass is 9.92. The van der Waals surface area contributed by atoms with Gasteiger partial charge in [0.25, 0.3) is 5.91 Å². The number of carbonyl (C=O) groups excluding carboxylic acids is 3. The summed E-state index contributed by atoms with van der Waals surface area (Å²) in [5, 5.41) is 12.3. The van der Waals surface area contributed by atoms with E-state index in [2.05, 4.69) is 5.32 Å². The summed E-state index contributed by atoms with van der Waals surface area (Å²) in [7, 11) is 0. The van der Waals surface area contributed by atoms with E-state index >= 15 is 0 Å². The van der Waals surface area contributed by atoms with Gasteiger partial charge in [-0.3, -0.25) is 14.4 Å². The molecule has 2 atom stereocenters. The van der Waals surface area contributed by atoms with Gasteiger partial charge in [-0.05, 0) is 62.6 Å². The lowest BCUT2D eigenvalue weighted by molar-refractivity contribution is -0.137. The molecule has 11 heteroatoms. The van der Waals surface area contributed by atoms with Crippen molar-refractivity contribution in [1.29, 1.82) is 0 Å². The fourth-order valence-corrected chi connectivity index (χ4v) is 5.75. The third kappa shape index (κ3) is 10.6. The Bertz CT molecular complexity index is 1300. The van der Waals surface area contributed by atoms with Crippen LogP contribution in [0.4, 0.5) is 4.79 Å². The summed E-state index contributed by atoms with van der Waals surface area (Å²) >= 11 is 0. The molecular formula is C34H44N4O7. The third-order valence-electron chi connectivity index (χ3n) is 8.21. The van der Waals surface area contributed by atoms with Crippen LogP contribution in [0.3, 0.4) is 0 Å². The maximum Gasteiger partial charge on any atom is 0.410 e. The van der Waals surface area contributed by atoms with E-state index in [-0.39, 0.29) is 43.6 Å². The van der Waals surface area contributed by atoms with Crippen LogP contribution in [0.25, 0.3) is 0 Å². The Kier molecular flexibility index (Phi) is 12.8. The predicted octanol–water partition coefficient (Wildman–Crippen LogP) is 4.51. The van der Waals surface area contributed by atoms with Crippen molar-refractivity contribution in [2.45, 2.75) is 70.6 Å². The quantitative estimate of drug-likeness (QED) is 0.263. The van der Waals surface area contributed by atoms with Crippen molar-refractivity contribution >= 4 is 29.8 Å². The van der Waals surface area contributed by atoms with Crippen LogP contribution in [0.2, 0.25) is 0 Å². The number of aliphatic carboxylic acids is 1. The lowest BCUT2D eigenvalue weighted by Gasteiger charge is -2.33. The summed E-state index contributed by atoms with van der Waals surface area (Å²) in [5.74, 6) is -0.907. The molecule has 2 fully saturated rings. The molecule has 45 heavy (non-hydrogen) atoms. The molecule has 0 aliphatic carbocycles. The zero-order valence-electron chi connectivity index (χ0n) is 25.9. The molecule has 2 aliphatic heterocycles. The molecule has 2 aromatic carbocycles. The van der Waals surface area contributed by atoms with E-state index in [9.17, 15) is 24.3 Å². The van der Waals surface area contributed by atoms with Crippen LogP contribution in [-0.4, -0.2) is 89.6 Å². The van der Waals surface area contributed by atoms with E-state index in [1.807, 2.05) is 35.2 Å². The second-order valence-electron chi connectivity index (χ2n) is 11.5. The number of hydrogen-bond donors (Lipinski definition) is 2. The Morgan fingerprint density at radius 1 is 0.933 bits per heavy atom. The van der Waals surface area contributed by atoms with E-state index in [4.69, 9.17) is 14.5 Å². The Morgan fingerprint density at radius 2 is 1.62 bits per heavy atom. The van der Waals surface area contributed by atoms with E-state index < -0.39 is 17.9 Å². The van der Waals surface area contributed by atoms with Gasteiger partial charge in [-0.15, -0.1) is 0 Å². The minimum atomic E-state index is -1.09. The van der Waals surface area contributed by atoms with Crippen LogP contribution in [0.1, 0.15) is 67.8 Å². The molecule has 2 heterocycles. The normalized spacial score (nSPS) is 18.2. The van der Waals surface area contributed by atoms with Gasteiger partial charge in [-0.25, -0.2) is 9.79 Å². The number of nitrogens with one attached hydrogen (secondary N) is 1. The van der Waals surface area contributed by atoms with Crippen LogP contribution in [0.5, 0.6) is 0 Å². The Balaban J connectivity index is 1.26. The van der Waals surface area contributed by atoms with E-state index in [0.717, 1.165) is 37.7 Å². The SMILES string of the molecule is CCOC(=NC1CCCN(C(=O)CCC2CCN(C(=O)OCc3ccccc3)CC2)C1)[C@@H](CC(=O)O)NC(=O)c1ccccc1. The molecule has 242 valence electrons. The zero-order chi connectivity index (χ0) is 32.0. The smallest absolute Gasteiger partial charge is 0.410 e. The number of carbonyl (C=O) groups is 4. The van der Waals surface area contributed by atoms with Gasteiger partial charge in [-0.2, -0.15) is 0 Å². The number of carboxylic acid groups (broad SMARTS) is 1. The molecule has 0 radical (unpaired) electrons. The summed E-state index contributed by atoms with van der Waals surface area (Å²) in [5.41, 5.74) is 1.36. The molecule has 2 aromatic rings. The molecular weight excluding hydrogens is 576 g/mol. The fourth-order valence-electron chi connectivity index (χ4n) is 5.75. The first-order valence-electron chi connectivity index (χ1n) is 15.8. The molecule has 4 rings (SSSR count). The van der Waals surface area contributed by atoms with Crippen molar-refractivity contribution in [2.24, 2.45) is 10.9 Å². The molecule has 0 saturated carbocycles. The van der Waals surface area contributed by atoms with Crippen molar-refractivity contribution < 1.29 is 33.8 Å². The van der Waals surface area contributed by atoms with Gasteiger partial charge in [-0.1, -0.05) is 48.5 Å². The summed E-state index contributed by atoms with van der Waals surface area (Å²) in [4.78, 5) is 58.5. The largest absolute Gasteiger partial charge is 0.481 e. The molecule has 3 amide bonds. The first kappa shape index (κ1) is 33.5. The molecule has 11 nitrogen and oxygen atoms in total. The molecule has 0 spiro atoms. The Labute approximate surface area is 264 Å². The minimum absolute atomic E-state index is 0.0667. The van der Waals surface area contributed by atoms with E-state index in [1.54, 1.807) is 42.2 Å². The average Bonchev–Trinajstić information content (AvgIpc) is 3.06. The third-order valence-corrected chi connectivity index (χ3v) is 8.21. The van der Waals surface area contributed by atoms with Gasteiger partial charge in [0.2, 0.25) is 11.8 Å². The highest BCUT2D eigenvalue weighted by molar-refractivity contribution is 5.98. The number of carboxylic acids is 1. The number of aliphatic imine (C=N–C) groups is 1. The van der Waals surface area contributed by atoms with E-state index in [1.165, 1.54) is 0 Å². The second-order valence-corrected chi connectivity index (χ2v) is 11.5. The molecule has 2 saturated heterocycles. The highest BCUT2D eigenvalue weighted by atomic mass is 16.6. The number of hydrogen-bond acceptors (Lipinski definition) is 7. The lowest BCUT2D eigenvalue weighted by Crippen LogP contribution is -2.46. The average molecular weight is 621 g/mol. The summed E-state index contributed by atoms with van der Waals surface area (Å²) < 4.78 is 11.2. The standard InChI is InChI=1S/C34H44N4O7/c1-2-44-33(29(22-31(40)41)36-32(42)27-12-7-4-8-13-27)35-28-14-9-19-38(23-28)30(39)16-15-25-17-20-37(21-18-25)34(43)45-24-26-10-5-3-6-11-26/h3-8,10-13,25,28-29H,2,9,14-24H2,1H3,(H,36,42)(H,40,41)/t28?,29-/m1/s1. The van der Waals surface area contributed by atoms with Crippen molar-refractivity contribution in [1.82, 2.24) is 15.1 Å². The maximum absolute atomic E-state index is 13.2. The van der Waals surface area contributed by atoms with Gasteiger partial charge in [0.15, 0.2) is 0 Å². The Morgan fingerprint density at radius 3 is 2.29 bits per heavy atom. The summed E-state index contributed by atoms with van der Waals surface area (Å²) in [6.45, 7) is 4.58. The highest BCUT2D eigenvalue weighted by Crippen LogP contribution is 2.24. The monoisotopic (exact) mass is 620 g/mol. The molecule has 1 unspecified atom stereocenters. The van der Waals surface area contributed by atoms with Crippen molar-refractivity contribution in [3.8, 4) is 0 Å². The van der Waals surface area contributed by atoms with Crippen LogP contribution < -0.4 is 5.32 Å². The number of likely N-dealkylation sites (tertiary alicyclic amines) is 2. The van der Waals surface area contributed by atoms with Crippen molar-refractivity contribution in [2.75, 3.05) is 32.8 Å². The van der Waals surface area contributed by atoms with Gasteiger partial charge < -0.3 is 29.7 Å². The van der Waals surface area contributed by atoms with Crippen LogP contribution >= 0.6 is 0 Å². The van der Waals surface area contributed by atoms with Crippen molar-refractivity contribution in [3.05, 3.63) is 71.8 Å². The second kappa shape index (κ2) is 17.2. The van der Waals surface area contributed by atoms with Gasteiger partial charge >= 0.3 is 12.1 Å². The van der Waals surface area contributed by atoms with Crippen LogP contribution in [0, 0.1) is 5.92 Å². The minimum Gasteiger partial charge on any atom is -0.481 e. The van der Waals surface area contributed by atoms with Crippen molar-refractivity contribution in [3.63, 3.8) is 0 Å². The van der Waals surface area contributed by atoms with E-state index in [0.29, 0.717) is 44.1 Å². The van der Waals surface area contributed by atoms with Crippen LogP contribution in [-0.2, 0) is 25.7 Å². The zero-order valence-corrected chi connectivity index (χ0v) is 25.9. The molecule has 0 bridgehead atoms. The van der Waals surface area contributed by atoms with Gasteiger partial charge in [0.05, 0.1) is 19.1 Å². The predicted molar refractivity (Wildman–Crippen MR) is 169 cm³/mol. The molecule has 2 aliphatic rings. The first-order valence-corrected chi connectivity index (χ1v) is 15.8. The Hall–Kier alpha value is -4.41. The van der Waals surface area contributed by atoms with Gasteiger partial charge in [0.1, 0.15) is 12.6 Å². The molecule has 0 aromatic heterocycles.